The monoisotopic (exact) mass is 516 g/mol. The van der Waals surface area contributed by atoms with Gasteiger partial charge in [0.05, 0.1) is 30.2 Å². The molecule has 0 bridgehead atoms. The molecule has 2 aliphatic heterocycles. The lowest BCUT2D eigenvalue weighted by Gasteiger charge is -2.34. The fourth-order valence-corrected chi connectivity index (χ4v) is 5.00. The quantitative estimate of drug-likeness (QED) is 0.559. The Morgan fingerprint density at radius 2 is 1.95 bits per heavy atom. The molecule has 2 aliphatic rings. The van der Waals surface area contributed by atoms with Crippen LogP contribution in [0.5, 0.6) is 5.75 Å². The number of piperidine rings is 1. The maximum Gasteiger partial charge on any atom is 0.257 e. The summed E-state index contributed by atoms with van der Waals surface area (Å²) in [6.07, 6.45) is 2.63. The van der Waals surface area contributed by atoms with E-state index in [1.165, 1.54) is 12.1 Å². The van der Waals surface area contributed by atoms with Crippen molar-refractivity contribution >= 4 is 11.8 Å². The topological polar surface area (TPSA) is 109 Å². The van der Waals surface area contributed by atoms with Crippen molar-refractivity contribution in [3.05, 3.63) is 47.9 Å². The molecule has 200 valence electrons. The number of amides is 2. The number of likely N-dealkylation sites (tertiary alicyclic amines) is 2. The number of carbonyl (C=O) groups is 2. The third-order valence-corrected chi connectivity index (χ3v) is 6.89. The second kappa shape index (κ2) is 11.1. The van der Waals surface area contributed by atoms with Gasteiger partial charge in [0.25, 0.3) is 5.91 Å². The van der Waals surface area contributed by atoms with Crippen molar-refractivity contribution in [1.82, 2.24) is 14.8 Å². The highest BCUT2D eigenvalue weighted by molar-refractivity contribution is 5.98. The standard InChI is InChI=1S/C27H34F2N4O4/c1-27(2,29)16-32-9-7-17(8-10-32)15-37-20-4-6-23(31-13-20)18-3-5-21(22(28)11-18)26(36)33-14-19(34)12-24(33)25(30)35/h3-6,11,13,17,19,24,34H,7-10,12,14-16H2,1-2H3,(H2,30,35). The average Bonchev–Trinajstić information content (AvgIpc) is 3.24. The van der Waals surface area contributed by atoms with E-state index in [0.29, 0.717) is 36.1 Å². The Kier molecular flexibility index (Phi) is 8.08. The molecule has 4 rings (SSSR count). The predicted octanol–water partition coefficient (Wildman–Crippen LogP) is 2.79. The molecular weight excluding hydrogens is 482 g/mol. The van der Waals surface area contributed by atoms with Gasteiger partial charge in [-0.25, -0.2) is 8.78 Å². The van der Waals surface area contributed by atoms with Gasteiger partial charge in [-0.2, -0.15) is 0 Å². The summed E-state index contributed by atoms with van der Waals surface area (Å²) in [5.41, 5.74) is 4.93. The van der Waals surface area contributed by atoms with Gasteiger partial charge in [0, 0.05) is 25.1 Å². The molecule has 2 saturated heterocycles. The van der Waals surface area contributed by atoms with Crippen molar-refractivity contribution in [2.45, 2.75) is 50.9 Å². The number of primary amides is 1. The third-order valence-electron chi connectivity index (χ3n) is 6.89. The molecule has 1 aromatic carbocycles. The summed E-state index contributed by atoms with van der Waals surface area (Å²) in [6.45, 7) is 5.82. The van der Waals surface area contributed by atoms with Crippen LogP contribution in [0.25, 0.3) is 11.3 Å². The van der Waals surface area contributed by atoms with Crippen molar-refractivity contribution in [1.29, 1.82) is 0 Å². The van der Waals surface area contributed by atoms with Gasteiger partial charge >= 0.3 is 0 Å². The molecular formula is C27H34F2N4O4. The lowest BCUT2D eigenvalue weighted by Crippen LogP contribution is -2.44. The molecule has 0 radical (unpaired) electrons. The molecule has 2 fully saturated rings. The van der Waals surface area contributed by atoms with Crippen LogP contribution in [0, 0.1) is 11.7 Å². The average molecular weight is 517 g/mol. The van der Waals surface area contributed by atoms with Crippen LogP contribution in [0.4, 0.5) is 8.78 Å². The van der Waals surface area contributed by atoms with Crippen molar-refractivity contribution in [2.75, 3.05) is 32.8 Å². The summed E-state index contributed by atoms with van der Waals surface area (Å²) < 4.78 is 34.6. The molecule has 1 aromatic heterocycles. The van der Waals surface area contributed by atoms with Crippen molar-refractivity contribution in [3.63, 3.8) is 0 Å². The van der Waals surface area contributed by atoms with Crippen LogP contribution in [0.15, 0.2) is 36.5 Å². The first kappa shape index (κ1) is 26.9. The number of aromatic nitrogens is 1. The number of halogens is 2. The fourth-order valence-electron chi connectivity index (χ4n) is 5.00. The number of nitrogens with two attached hydrogens (primary N) is 1. The number of rotatable bonds is 8. The predicted molar refractivity (Wildman–Crippen MR) is 134 cm³/mol. The minimum atomic E-state index is -1.19. The highest BCUT2D eigenvalue weighted by Gasteiger charge is 2.38. The highest BCUT2D eigenvalue weighted by atomic mass is 19.1. The molecule has 0 spiro atoms. The molecule has 0 aliphatic carbocycles. The van der Waals surface area contributed by atoms with Crippen LogP contribution in [0.1, 0.15) is 43.5 Å². The fraction of sp³-hybridized carbons (Fsp3) is 0.519. The number of hydrogen-bond acceptors (Lipinski definition) is 6. The van der Waals surface area contributed by atoms with Gasteiger partial charge in [-0.05, 0) is 70.0 Å². The normalized spacial score (nSPS) is 21.3. The maximum atomic E-state index is 14.9. The van der Waals surface area contributed by atoms with E-state index in [9.17, 15) is 23.5 Å². The molecule has 2 unspecified atom stereocenters. The first-order chi connectivity index (χ1) is 17.5. The Labute approximate surface area is 215 Å². The minimum absolute atomic E-state index is 0.0375. The van der Waals surface area contributed by atoms with Crippen LogP contribution < -0.4 is 10.5 Å². The molecule has 2 amide bonds. The van der Waals surface area contributed by atoms with E-state index in [1.807, 2.05) is 0 Å². The zero-order chi connectivity index (χ0) is 26.7. The Hall–Kier alpha value is -3.11. The number of aliphatic hydroxyl groups excluding tert-OH is 1. The SMILES string of the molecule is CC(C)(F)CN1CCC(COc2ccc(-c3ccc(C(=O)N4CC(O)CC4C(N)=O)c(F)c3)nc2)CC1. The molecule has 10 heteroatoms. The van der Waals surface area contributed by atoms with Gasteiger partial charge in [-0.3, -0.25) is 14.6 Å². The zero-order valence-electron chi connectivity index (χ0n) is 21.2. The number of nitrogens with zero attached hydrogens (tertiary/aromatic N) is 3. The van der Waals surface area contributed by atoms with E-state index in [0.717, 1.165) is 30.8 Å². The van der Waals surface area contributed by atoms with E-state index in [4.69, 9.17) is 10.5 Å². The number of pyridine rings is 1. The van der Waals surface area contributed by atoms with Crippen LogP contribution in [0.2, 0.25) is 0 Å². The first-order valence-corrected chi connectivity index (χ1v) is 12.6. The summed E-state index contributed by atoms with van der Waals surface area (Å²) in [6, 6.07) is 6.66. The third kappa shape index (κ3) is 6.81. The van der Waals surface area contributed by atoms with Crippen LogP contribution in [0.3, 0.4) is 0 Å². The number of hydrogen-bond donors (Lipinski definition) is 2. The lowest BCUT2D eigenvalue weighted by molar-refractivity contribution is -0.121. The lowest BCUT2D eigenvalue weighted by atomic mass is 9.97. The maximum absolute atomic E-state index is 14.9. The van der Waals surface area contributed by atoms with E-state index in [2.05, 4.69) is 9.88 Å². The summed E-state index contributed by atoms with van der Waals surface area (Å²) in [5, 5.41) is 9.83. The van der Waals surface area contributed by atoms with Crippen molar-refractivity contribution < 1.29 is 28.2 Å². The number of β-amino-alcohol motifs (C(OH)–C–C–N with tert-alkyl or cyclic N) is 1. The summed E-state index contributed by atoms with van der Waals surface area (Å²) >= 11 is 0. The number of benzene rings is 1. The Bertz CT molecular complexity index is 1110. The van der Waals surface area contributed by atoms with E-state index < -0.39 is 35.4 Å². The van der Waals surface area contributed by atoms with Gasteiger partial charge in [0.1, 0.15) is 23.3 Å². The van der Waals surface area contributed by atoms with Gasteiger partial charge in [0.15, 0.2) is 0 Å². The number of carbonyl (C=O) groups excluding carboxylic acids is 2. The van der Waals surface area contributed by atoms with Crippen LogP contribution >= 0.6 is 0 Å². The second-order valence-corrected chi connectivity index (χ2v) is 10.6. The van der Waals surface area contributed by atoms with Gasteiger partial charge in [-0.1, -0.05) is 6.07 Å². The summed E-state index contributed by atoms with van der Waals surface area (Å²) in [4.78, 5) is 32.1. The number of alkyl halides is 1. The molecule has 8 nitrogen and oxygen atoms in total. The van der Waals surface area contributed by atoms with Gasteiger partial charge in [-0.15, -0.1) is 0 Å². The Balaban J connectivity index is 1.33. The highest BCUT2D eigenvalue weighted by Crippen LogP contribution is 2.26. The number of aliphatic hydroxyl groups is 1. The van der Waals surface area contributed by atoms with Crippen molar-refractivity contribution in [3.8, 4) is 17.0 Å². The smallest absolute Gasteiger partial charge is 0.257 e. The first-order valence-electron chi connectivity index (χ1n) is 12.6. The molecule has 2 aromatic rings. The minimum Gasteiger partial charge on any atom is -0.492 e. The van der Waals surface area contributed by atoms with E-state index in [-0.39, 0.29) is 18.5 Å². The second-order valence-electron chi connectivity index (χ2n) is 10.6. The summed E-state index contributed by atoms with van der Waals surface area (Å²) in [5.74, 6) is -1.19. The Morgan fingerprint density at radius 3 is 2.54 bits per heavy atom. The summed E-state index contributed by atoms with van der Waals surface area (Å²) in [7, 11) is 0. The van der Waals surface area contributed by atoms with Crippen LogP contribution in [-0.4, -0.2) is 82.3 Å². The largest absolute Gasteiger partial charge is 0.492 e. The zero-order valence-corrected chi connectivity index (χ0v) is 21.2. The van der Waals surface area contributed by atoms with E-state index >= 15 is 0 Å². The number of ether oxygens (including phenoxy) is 1. The van der Waals surface area contributed by atoms with E-state index in [1.54, 1.807) is 38.2 Å². The van der Waals surface area contributed by atoms with Crippen molar-refractivity contribution in [2.24, 2.45) is 11.7 Å². The van der Waals surface area contributed by atoms with Crippen LogP contribution in [-0.2, 0) is 4.79 Å². The Morgan fingerprint density at radius 1 is 1.22 bits per heavy atom. The molecule has 3 heterocycles. The molecule has 0 saturated carbocycles. The molecule has 3 N–H and O–H groups in total. The van der Waals surface area contributed by atoms with Gasteiger partial charge in [0.2, 0.25) is 5.91 Å². The van der Waals surface area contributed by atoms with Gasteiger partial charge < -0.3 is 25.4 Å². The molecule has 37 heavy (non-hydrogen) atoms. The molecule has 2 atom stereocenters.